The molecule has 92 valence electrons. The van der Waals surface area contributed by atoms with E-state index in [4.69, 9.17) is 11.0 Å². The third kappa shape index (κ3) is 2.25. The maximum Gasteiger partial charge on any atom is 0.255 e. The molecule has 0 saturated carbocycles. The highest BCUT2D eigenvalue weighted by molar-refractivity contribution is 6.00. The summed E-state index contributed by atoms with van der Waals surface area (Å²) in [7, 11) is 0. The second kappa shape index (κ2) is 4.75. The van der Waals surface area contributed by atoms with Crippen LogP contribution in [0.4, 0.5) is 5.69 Å². The van der Waals surface area contributed by atoms with Crippen LogP contribution in [0.5, 0.6) is 0 Å². The highest BCUT2D eigenvalue weighted by Crippen LogP contribution is 2.24. The Morgan fingerprint density at radius 2 is 2.33 bits per heavy atom. The van der Waals surface area contributed by atoms with Gasteiger partial charge in [-0.1, -0.05) is 6.07 Å². The van der Waals surface area contributed by atoms with E-state index in [0.29, 0.717) is 17.8 Å². The van der Waals surface area contributed by atoms with E-state index in [-0.39, 0.29) is 24.9 Å². The van der Waals surface area contributed by atoms with E-state index in [1.165, 1.54) is 4.90 Å². The number of amides is 2. The summed E-state index contributed by atoms with van der Waals surface area (Å²) in [5.74, 6) is -0.546. The molecule has 0 radical (unpaired) electrons. The summed E-state index contributed by atoms with van der Waals surface area (Å²) in [6.07, 6.45) is 0. The molecule has 3 N–H and O–H groups in total. The fraction of sp³-hybridized carbons (Fsp3) is 0.250. The summed E-state index contributed by atoms with van der Waals surface area (Å²) < 4.78 is 0. The molecule has 1 aromatic rings. The standard InChI is InChI=1S/C12H12N4O2/c13-3-4-15-11(17)7-16-6-8-1-2-9(14)5-10(8)12(16)18/h1-2,5H,4,6-7,14H2,(H,15,17). The largest absolute Gasteiger partial charge is 0.399 e. The van der Waals surface area contributed by atoms with Crippen molar-refractivity contribution in [3.63, 3.8) is 0 Å². The number of hydrogen-bond donors (Lipinski definition) is 2. The fourth-order valence-corrected chi connectivity index (χ4v) is 1.87. The number of hydrogen-bond acceptors (Lipinski definition) is 4. The van der Waals surface area contributed by atoms with Crippen molar-refractivity contribution in [1.29, 1.82) is 5.26 Å². The van der Waals surface area contributed by atoms with Crippen molar-refractivity contribution in [3.8, 4) is 6.07 Å². The van der Waals surface area contributed by atoms with Crippen LogP contribution in [0.25, 0.3) is 0 Å². The van der Waals surface area contributed by atoms with Crippen molar-refractivity contribution in [2.45, 2.75) is 6.54 Å². The van der Waals surface area contributed by atoms with Gasteiger partial charge in [0.2, 0.25) is 5.91 Å². The van der Waals surface area contributed by atoms with E-state index in [2.05, 4.69) is 5.32 Å². The van der Waals surface area contributed by atoms with Crippen LogP contribution in [0.3, 0.4) is 0 Å². The third-order valence-electron chi connectivity index (χ3n) is 2.71. The van der Waals surface area contributed by atoms with Crippen LogP contribution in [-0.4, -0.2) is 29.8 Å². The zero-order valence-electron chi connectivity index (χ0n) is 9.64. The summed E-state index contributed by atoms with van der Waals surface area (Å²) in [4.78, 5) is 24.9. The molecular weight excluding hydrogens is 232 g/mol. The predicted octanol–water partition coefficient (Wildman–Crippen LogP) is -0.136. The van der Waals surface area contributed by atoms with Gasteiger partial charge in [0.1, 0.15) is 13.1 Å². The van der Waals surface area contributed by atoms with Gasteiger partial charge in [-0.3, -0.25) is 9.59 Å². The number of rotatable bonds is 3. The van der Waals surface area contributed by atoms with Crippen molar-refractivity contribution in [2.75, 3.05) is 18.8 Å². The molecule has 2 rings (SSSR count). The first-order valence-electron chi connectivity index (χ1n) is 5.43. The van der Waals surface area contributed by atoms with Crippen LogP contribution in [-0.2, 0) is 11.3 Å². The first-order valence-corrected chi connectivity index (χ1v) is 5.43. The number of benzene rings is 1. The Kier molecular flexibility index (Phi) is 3.15. The van der Waals surface area contributed by atoms with Crippen LogP contribution in [0.15, 0.2) is 18.2 Å². The Bertz CT molecular complexity index is 547. The fourth-order valence-electron chi connectivity index (χ4n) is 1.87. The molecule has 0 fully saturated rings. The molecule has 1 aliphatic heterocycles. The van der Waals surface area contributed by atoms with Gasteiger partial charge >= 0.3 is 0 Å². The Hall–Kier alpha value is -2.55. The maximum atomic E-state index is 12.0. The van der Waals surface area contributed by atoms with E-state index in [0.717, 1.165) is 5.56 Å². The van der Waals surface area contributed by atoms with Crippen LogP contribution >= 0.6 is 0 Å². The van der Waals surface area contributed by atoms with E-state index < -0.39 is 0 Å². The topological polar surface area (TPSA) is 99.2 Å². The molecule has 0 spiro atoms. The quantitative estimate of drug-likeness (QED) is 0.571. The van der Waals surface area contributed by atoms with Gasteiger partial charge in [0.05, 0.1) is 6.07 Å². The highest BCUT2D eigenvalue weighted by Gasteiger charge is 2.28. The molecule has 0 aromatic heterocycles. The van der Waals surface area contributed by atoms with E-state index in [9.17, 15) is 9.59 Å². The van der Waals surface area contributed by atoms with E-state index in [1.54, 1.807) is 18.2 Å². The molecule has 0 unspecified atom stereocenters. The SMILES string of the molecule is N#CCNC(=O)CN1Cc2ccc(N)cc2C1=O. The maximum absolute atomic E-state index is 12.0. The third-order valence-corrected chi connectivity index (χ3v) is 2.71. The van der Waals surface area contributed by atoms with Crippen molar-refractivity contribution in [2.24, 2.45) is 0 Å². The number of nitrogen functional groups attached to an aromatic ring is 1. The summed E-state index contributed by atoms with van der Waals surface area (Å²) in [6.45, 7) is 0.296. The lowest BCUT2D eigenvalue weighted by molar-refractivity contribution is -0.121. The summed E-state index contributed by atoms with van der Waals surface area (Å²) in [5.41, 5.74) is 7.55. The first-order chi connectivity index (χ1) is 8.61. The number of nitrogens with zero attached hydrogens (tertiary/aromatic N) is 2. The molecule has 2 amide bonds. The smallest absolute Gasteiger partial charge is 0.255 e. The van der Waals surface area contributed by atoms with Gasteiger partial charge in [-0.2, -0.15) is 5.26 Å². The molecular formula is C12H12N4O2. The van der Waals surface area contributed by atoms with Crippen molar-refractivity contribution >= 4 is 17.5 Å². The zero-order chi connectivity index (χ0) is 13.1. The lowest BCUT2D eigenvalue weighted by Crippen LogP contribution is -2.37. The van der Waals surface area contributed by atoms with Gasteiger partial charge in [0, 0.05) is 17.8 Å². The minimum atomic E-state index is -0.342. The van der Waals surface area contributed by atoms with Gasteiger partial charge < -0.3 is 16.0 Å². The minimum Gasteiger partial charge on any atom is -0.399 e. The van der Waals surface area contributed by atoms with Crippen molar-refractivity contribution in [3.05, 3.63) is 29.3 Å². The van der Waals surface area contributed by atoms with Crippen molar-refractivity contribution in [1.82, 2.24) is 10.2 Å². The van der Waals surface area contributed by atoms with Crippen LogP contribution in [0, 0.1) is 11.3 Å². The average Bonchev–Trinajstić information content (AvgIpc) is 2.64. The molecule has 0 saturated heterocycles. The number of carbonyl (C=O) groups is 2. The monoisotopic (exact) mass is 244 g/mol. The lowest BCUT2D eigenvalue weighted by Gasteiger charge is -2.14. The summed E-state index contributed by atoms with van der Waals surface area (Å²) in [6, 6.07) is 6.94. The number of anilines is 1. The lowest BCUT2D eigenvalue weighted by atomic mass is 10.1. The number of fused-ring (bicyclic) bond motifs is 1. The zero-order valence-corrected chi connectivity index (χ0v) is 9.64. The minimum absolute atomic E-state index is 0.0465. The van der Waals surface area contributed by atoms with Crippen LogP contribution < -0.4 is 11.1 Å². The van der Waals surface area contributed by atoms with E-state index in [1.807, 2.05) is 6.07 Å². The second-order valence-corrected chi connectivity index (χ2v) is 4.01. The number of nitrogens with two attached hydrogens (primary N) is 1. The highest BCUT2D eigenvalue weighted by atomic mass is 16.2. The first kappa shape index (κ1) is 11.9. The molecule has 0 aliphatic carbocycles. The van der Waals surface area contributed by atoms with Crippen LogP contribution in [0.1, 0.15) is 15.9 Å². The summed E-state index contributed by atoms with van der Waals surface area (Å²) >= 11 is 0. The van der Waals surface area contributed by atoms with Gasteiger partial charge in [-0.05, 0) is 17.7 Å². The molecule has 1 aliphatic rings. The van der Waals surface area contributed by atoms with Crippen molar-refractivity contribution < 1.29 is 9.59 Å². The molecule has 6 heteroatoms. The van der Waals surface area contributed by atoms with Crippen LogP contribution in [0.2, 0.25) is 0 Å². The Morgan fingerprint density at radius 1 is 1.56 bits per heavy atom. The summed E-state index contributed by atoms with van der Waals surface area (Å²) in [5, 5.41) is 10.7. The molecule has 1 heterocycles. The average molecular weight is 244 g/mol. The number of carbonyl (C=O) groups excluding carboxylic acids is 2. The second-order valence-electron chi connectivity index (χ2n) is 4.01. The molecule has 6 nitrogen and oxygen atoms in total. The Morgan fingerprint density at radius 3 is 3.06 bits per heavy atom. The Balaban J connectivity index is 2.06. The van der Waals surface area contributed by atoms with Gasteiger partial charge in [-0.15, -0.1) is 0 Å². The number of nitrogens with one attached hydrogen (secondary N) is 1. The van der Waals surface area contributed by atoms with Gasteiger partial charge in [-0.25, -0.2) is 0 Å². The Labute approximate surface area is 104 Å². The molecule has 0 bridgehead atoms. The van der Waals surface area contributed by atoms with E-state index >= 15 is 0 Å². The normalized spacial score (nSPS) is 13.1. The molecule has 1 aromatic carbocycles. The van der Waals surface area contributed by atoms with Gasteiger partial charge in [0.25, 0.3) is 5.91 Å². The molecule has 0 atom stereocenters. The predicted molar refractivity (Wildman–Crippen MR) is 64.2 cm³/mol. The molecule has 18 heavy (non-hydrogen) atoms. The van der Waals surface area contributed by atoms with Gasteiger partial charge in [0.15, 0.2) is 0 Å². The number of nitriles is 1.